The highest BCUT2D eigenvalue weighted by atomic mass is 35.5. The van der Waals surface area contributed by atoms with Crippen LogP contribution in [0.1, 0.15) is 5.56 Å². The van der Waals surface area contributed by atoms with E-state index in [-0.39, 0.29) is 37.2 Å². The highest BCUT2D eigenvalue weighted by Crippen LogP contribution is 2.14. The van der Waals surface area contributed by atoms with E-state index in [9.17, 15) is 9.50 Å². The van der Waals surface area contributed by atoms with Gasteiger partial charge in [0.15, 0.2) is 0 Å². The molecule has 8 heteroatoms. The first-order valence-electron chi connectivity index (χ1n) is 8.84. The van der Waals surface area contributed by atoms with Crippen molar-refractivity contribution in [3.05, 3.63) is 64.9 Å². The highest BCUT2D eigenvalue weighted by molar-refractivity contribution is 6.30. The largest absolute Gasteiger partial charge is 0.491 e. The predicted molar refractivity (Wildman–Crippen MR) is 116 cm³/mol. The minimum absolute atomic E-state index is 0. The van der Waals surface area contributed by atoms with Crippen LogP contribution in [-0.2, 0) is 6.54 Å². The van der Waals surface area contributed by atoms with E-state index in [1.54, 1.807) is 12.1 Å². The molecule has 0 aliphatic carbocycles. The SMILES string of the molecule is Cl.Cl.OC(COc1ccc(F)cc1)CN1CCN(Cc2ccc(Cl)cc2)CC1. The predicted octanol–water partition coefficient (Wildman–Crippen LogP) is 3.88. The van der Waals surface area contributed by atoms with Gasteiger partial charge in [-0.05, 0) is 42.0 Å². The van der Waals surface area contributed by atoms with Gasteiger partial charge in [-0.1, -0.05) is 23.7 Å². The lowest BCUT2D eigenvalue weighted by Crippen LogP contribution is -2.48. The molecule has 1 unspecified atom stereocenters. The van der Waals surface area contributed by atoms with Gasteiger partial charge >= 0.3 is 0 Å². The van der Waals surface area contributed by atoms with Gasteiger partial charge in [0.2, 0.25) is 0 Å². The van der Waals surface area contributed by atoms with E-state index in [1.165, 1.54) is 17.7 Å². The van der Waals surface area contributed by atoms with Crippen LogP contribution in [0.2, 0.25) is 5.02 Å². The second-order valence-electron chi connectivity index (χ2n) is 6.62. The van der Waals surface area contributed by atoms with Gasteiger partial charge in [-0.2, -0.15) is 0 Å². The Hall–Kier alpha value is -1.08. The number of aliphatic hydroxyl groups is 1. The Morgan fingerprint density at radius 1 is 0.929 bits per heavy atom. The molecule has 1 fully saturated rings. The zero-order chi connectivity index (χ0) is 18.4. The maximum atomic E-state index is 12.9. The monoisotopic (exact) mass is 450 g/mol. The van der Waals surface area contributed by atoms with E-state index < -0.39 is 6.10 Å². The van der Waals surface area contributed by atoms with E-state index >= 15 is 0 Å². The van der Waals surface area contributed by atoms with E-state index in [0.29, 0.717) is 12.3 Å². The van der Waals surface area contributed by atoms with Crippen molar-refractivity contribution in [2.75, 3.05) is 39.3 Å². The first-order valence-corrected chi connectivity index (χ1v) is 9.22. The Morgan fingerprint density at radius 3 is 2.11 bits per heavy atom. The summed E-state index contributed by atoms with van der Waals surface area (Å²) in [5.41, 5.74) is 1.26. The molecule has 4 nitrogen and oxygen atoms in total. The quantitative estimate of drug-likeness (QED) is 0.693. The fraction of sp³-hybridized carbons (Fsp3) is 0.400. The lowest BCUT2D eigenvalue weighted by Gasteiger charge is -2.35. The maximum Gasteiger partial charge on any atom is 0.123 e. The van der Waals surface area contributed by atoms with Crippen LogP contribution in [0.3, 0.4) is 0 Å². The van der Waals surface area contributed by atoms with Gasteiger partial charge in [-0.3, -0.25) is 9.80 Å². The molecule has 1 heterocycles. The zero-order valence-electron chi connectivity index (χ0n) is 15.5. The molecule has 0 saturated carbocycles. The van der Waals surface area contributed by atoms with Crippen molar-refractivity contribution in [1.29, 1.82) is 0 Å². The minimum Gasteiger partial charge on any atom is -0.491 e. The Bertz CT molecular complexity index is 681. The van der Waals surface area contributed by atoms with Crippen molar-refractivity contribution in [3.8, 4) is 5.75 Å². The molecule has 2 aromatic rings. The van der Waals surface area contributed by atoms with Gasteiger partial charge in [0.05, 0.1) is 0 Å². The van der Waals surface area contributed by atoms with Crippen LogP contribution in [0.4, 0.5) is 4.39 Å². The average molecular weight is 452 g/mol. The minimum atomic E-state index is -0.567. The van der Waals surface area contributed by atoms with Crippen molar-refractivity contribution in [2.24, 2.45) is 0 Å². The standard InChI is InChI=1S/C20H24ClFN2O2.2ClH/c21-17-3-1-16(2-4-17)13-23-9-11-24(12-10-23)14-19(25)15-26-20-7-5-18(22)6-8-20;;/h1-8,19,25H,9-15H2;2*1H. The van der Waals surface area contributed by atoms with E-state index in [1.807, 2.05) is 12.1 Å². The van der Waals surface area contributed by atoms with Crippen molar-refractivity contribution in [1.82, 2.24) is 9.80 Å². The first-order chi connectivity index (χ1) is 12.6. The lowest BCUT2D eigenvalue weighted by molar-refractivity contribution is 0.0446. The normalized spacial score (nSPS) is 16.0. The smallest absolute Gasteiger partial charge is 0.123 e. The van der Waals surface area contributed by atoms with Crippen LogP contribution in [-0.4, -0.2) is 60.3 Å². The summed E-state index contributed by atoms with van der Waals surface area (Å²) in [7, 11) is 0. The topological polar surface area (TPSA) is 35.9 Å². The summed E-state index contributed by atoms with van der Waals surface area (Å²) < 4.78 is 18.4. The molecule has 1 N–H and O–H groups in total. The Labute approximate surface area is 183 Å². The molecule has 2 aromatic carbocycles. The third kappa shape index (κ3) is 8.11. The molecular formula is C20H26Cl3FN2O2. The first kappa shape index (κ1) is 25.0. The second kappa shape index (κ2) is 12.5. The molecule has 3 rings (SSSR count). The van der Waals surface area contributed by atoms with Crippen molar-refractivity contribution >= 4 is 36.4 Å². The number of hydrogen-bond acceptors (Lipinski definition) is 4. The molecule has 0 radical (unpaired) electrons. The van der Waals surface area contributed by atoms with Crippen molar-refractivity contribution in [2.45, 2.75) is 12.6 Å². The molecule has 156 valence electrons. The Balaban J connectivity index is 0.00000196. The Morgan fingerprint density at radius 2 is 1.50 bits per heavy atom. The summed E-state index contributed by atoms with van der Waals surface area (Å²) in [4.78, 5) is 4.65. The fourth-order valence-electron chi connectivity index (χ4n) is 3.05. The third-order valence-corrected chi connectivity index (χ3v) is 4.76. The Kier molecular flexibility index (Phi) is 11.1. The molecular weight excluding hydrogens is 426 g/mol. The van der Waals surface area contributed by atoms with Crippen LogP contribution >= 0.6 is 36.4 Å². The number of ether oxygens (including phenoxy) is 1. The number of aliphatic hydroxyl groups excluding tert-OH is 1. The number of halogens is 4. The second-order valence-corrected chi connectivity index (χ2v) is 7.06. The summed E-state index contributed by atoms with van der Waals surface area (Å²) in [6, 6.07) is 13.8. The molecule has 0 amide bonds. The summed E-state index contributed by atoms with van der Waals surface area (Å²) in [6.45, 7) is 5.47. The summed E-state index contributed by atoms with van der Waals surface area (Å²) >= 11 is 5.92. The number of rotatable bonds is 7. The van der Waals surface area contributed by atoms with Gasteiger partial charge in [-0.25, -0.2) is 4.39 Å². The zero-order valence-corrected chi connectivity index (χ0v) is 17.9. The van der Waals surface area contributed by atoms with Gasteiger partial charge in [0.1, 0.15) is 24.3 Å². The lowest BCUT2D eigenvalue weighted by atomic mass is 10.2. The molecule has 1 aliphatic heterocycles. The number of piperazine rings is 1. The molecule has 0 bridgehead atoms. The summed E-state index contributed by atoms with van der Waals surface area (Å²) in [5.74, 6) is 0.271. The van der Waals surface area contributed by atoms with Gasteiger partial charge < -0.3 is 9.84 Å². The highest BCUT2D eigenvalue weighted by Gasteiger charge is 2.19. The van der Waals surface area contributed by atoms with E-state index in [2.05, 4.69) is 21.9 Å². The van der Waals surface area contributed by atoms with Crippen LogP contribution in [0.15, 0.2) is 48.5 Å². The van der Waals surface area contributed by atoms with Crippen molar-refractivity contribution < 1.29 is 14.2 Å². The summed E-state index contributed by atoms with van der Waals surface area (Å²) in [6.07, 6.45) is -0.567. The van der Waals surface area contributed by atoms with Crippen LogP contribution < -0.4 is 4.74 Å². The van der Waals surface area contributed by atoms with Gasteiger partial charge in [0.25, 0.3) is 0 Å². The van der Waals surface area contributed by atoms with Crippen molar-refractivity contribution in [3.63, 3.8) is 0 Å². The molecule has 28 heavy (non-hydrogen) atoms. The number of β-amino-alcohol motifs (C(OH)–C–C–N with tert-alkyl or cyclic N) is 1. The average Bonchev–Trinajstić information content (AvgIpc) is 2.65. The molecule has 1 atom stereocenters. The van der Waals surface area contributed by atoms with Crippen LogP contribution in [0, 0.1) is 5.82 Å². The molecule has 0 aromatic heterocycles. The van der Waals surface area contributed by atoms with Crippen LogP contribution in [0.5, 0.6) is 5.75 Å². The summed E-state index contributed by atoms with van der Waals surface area (Å²) in [5, 5.41) is 10.9. The van der Waals surface area contributed by atoms with E-state index in [4.69, 9.17) is 16.3 Å². The molecule has 1 aliphatic rings. The maximum absolute atomic E-state index is 12.9. The van der Waals surface area contributed by atoms with Crippen LogP contribution in [0.25, 0.3) is 0 Å². The molecule has 1 saturated heterocycles. The van der Waals surface area contributed by atoms with Gasteiger partial charge in [0, 0.05) is 44.3 Å². The molecule has 0 spiro atoms. The third-order valence-electron chi connectivity index (χ3n) is 4.51. The van der Waals surface area contributed by atoms with Gasteiger partial charge in [-0.15, -0.1) is 24.8 Å². The fourth-order valence-corrected chi connectivity index (χ4v) is 3.18. The van der Waals surface area contributed by atoms with E-state index in [0.717, 1.165) is 37.7 Å². The number of nitrogens with zero attached hydrogens (tertiary/aromatic N) is 2. The number of hydrogen-bond donors (Lipinski definition) is 1. The number of benzene rings is 2.